The van der Waals surface area contributed by atoms with Gasteiger partial charge in [0.2, 0.25) is 10.0 Å². The summed E-state index contributed by atoms with van der Waals surface area (Å²) in [4.78, 5) is 42.4. The molecule has 1 aromatic carbocycles. The first kappa shape index (κ1) is 29.6. The molecule has 3 amide bonds. The number of anilines is 1. The lowest BCUT2D eigenvalue weighted by molar-refractivity contribution is 0.0827. The third kappa shape index (κ3) is 6.36. The highest BCUT2D eigenvalue weighted by atomic mass is 32.2. The molecule has 0 fully saturated rings. The molecule has 0 saturated heterocycles. The highest BCUT2D eigenvalue weighted by Crippen LogP contribution is 2.38. The molecule has 2 heterocycles. The van der Waals surface area contributed by atoms with Gasteiger partial charge in [-0.3, -0.25) is 9.59 Å². The van der Waals surface area contributed by atoms with E-state index >= 15 is 0 Å². The third-order valence-corrected chi connectivity index (χ3v) is 9.42. The first-order chi connectivity index (χ1) is 18.0. The van der Waals surface area contributed by atoms with Gasteiger partial charge < -0.3 is 19.9 Å². The van der Waals surface area contributed by atoms with E-state index in [1.807, 2.05) is 6.92 Å². The summed E-state index contributed by atoms with van der Waals surface area (Å²) in [5.74, 6) is -0.698. The number of carbonyl (C=O) groups is 3. The molecule has 0 saturated carbocycles. The van der Waals surface area contributed by atoms with Gasteiger partial charge in [-0.05, 0) is 49.6 Å². The molecule has 0 unspecified atom stereocenters. The van der Waals surface area contributed by atoms with Crippen LogP contribution in [0.5, 0.6) is 0 Å². The van der Waals surface area contributed by atoms with E-state index in [2.05, 4.69) is 5.32 Å². The van der Waals surface area contributed by atoms with Crippen molar-refractivity contribution in [2.45, 2.75) is 51.5 Å². The number of thiophene rings is 1. The number of nitrogens with one attached hydrogen (secondary N) is 1. The minimum Gasteiger partial charge on any atom is -0.450 e. The van der Waals surface area contributed by atoms with E-state index in [1.165, 1.54) is 44.8 Å². The predicted molar refractivity (Wildman–Crippen MR) is 147 cm³/mol. The molecule has 208 valence electrons. The number of amides is 3. The zero-order chi connectivity index (χ0) is 28.0. The molecule has 0 radical (unpaired) electrons. The van der Waals surface area contributed by atoms with Crippen molar-refractivity contribution < 1.29 is 27.5 Å². The Bertz CT molecular complexity index is 1270. The number of benzene rings is 1. The van der Waals surface area contributed by atoms with Crippen molar-refractivity contribution in [3.05, 3.63) is 45.8 Å². The van der Waals surface area contributed by atoms with Crippen LogP contribution in [-0.4, -0.2) is 80.8 Å². The lowest BCUT2D eigenvalue weighted by Gasteiger charge is -2.26. The smallest absolute Gasteiger partial charge is 0.410 e. The van der Waals surface area contributed by atoms with Gasteiger partial charge in [-0.25, -0.2) is 13.2 Å². The van der Waals surface area contributed by atoms with Gasteiger partial charge in [-0.1, -0.05) is 20.3 Å². The zero-order valence-corrected chi connectivity index (χ0v) is 24.2. The van der Waals surface area contributed by atoms with Gasteiger partial charge in [0.15, 0.2) is 0 Å². The minimum absolute atomic E-state index is 0.126. The lowest BCUT2D eigenvalue weighted by Crippen LogP contribution is -2.36. The van der Waals surface area contributed by atoms with Gasteiger partial charge in [-0.15, -0.1) is 11.3 Å². The van der Waals surface area contributed by atoms with Crippen LogP contribution in [0.25, 0.3) is 0 Å². The van der Waals surface area contributed by atoms with Crippen molar-refractivity contribution in [3.8, 4) is 0 Å². The number of rotatable bonds is 10. The predicted octanol–water partition coefficient (Wildman–Crippen LogP) is 4.03. The summed E-state index contributed by atoms with van der Waals surface area (Å²) in [6.45, 7) is 7.33. The number of carbonyl (C=O) groups excluding carboxylic acids is 3. The Hall–Kier alpha value is -2.96. The van der Waals surface area contributed by atoms with Gasteiger partial charge in [0.05, 0.1) is 23.6 Å². The van der Waals surface area contributed by atoms with Crippen molar-refractivity contribution in [3.63, 3.8) is 0 Å². The van der Waals surface area contributed by atoms with Gasteiger partial charge in [0.1, 0.15) is 5.00 Å². The van der Waals surface area contributed by atoms with Gasteiger partial charge >= 0.3 is 6.09 Å². The summed E-state index contributed by atoms with van der Waals surface area (Å²) in [5, 5.41) is 3.25. The van der Waals surface area contributed by atoms with E-state index < -0.39 is 22.0 Å². The second kappa shape index (κ2) is 12.7. The van der Waals surface area contributed by atoms with Crippen LogP contribution in [0.3, 0.4) is 0 Å². The molecule has 0 spiro atoms. The fourth-order valence-electron chi connectivity index (χ4n) is 4.20. The molecule has 38 heavy (non-hydrogen) atoms. The van der Waals surface area contributed by atoms with Gasteiger partial charge in [-0.2, -0.15) is 4.31 Å². The topological polar surface area (TPSA) is 116 Å². The van der Waals surface area contributed by atoms with Crippen molar-refractivity contribution in [1.82, 2.24) is 14.1 Å². The van der Waals surface area contributed by atoms with Crippen LogP contribution in [-0.2, 0) is 27.7 Å². The standard InChI is InChI=1S/C26H36N4O6S2/c1-6-9-15-30(7-2)38(34,35)19-12-10-18(11-13-19)23(31)27-24-22(25(32)28(4)5)20-14-16-29(17-21(20)37-24)26(33)36-8-3/h10-13H,6-9,14-17H2,1-5H3,(H,27,31). The summed E-state index contributed by atoms with van der Waals surface area (Å²) < 4.78 is 32.5. The fourth-order valence-corrected chi connectivity index (χ4v) is 6.94. The van der Waals surface area contributed by atoms with Crippen molar-refractivity contribution in [2.75, 3.05) is 45.7 Å². The maximum absolute atomic E-state index is 13.1. The number of ether oxygens (including phenoxy) is 1. The van der Waals surface area contributed by atoms with E-state index in [9.17, 15) is 22.8 Å². The Morgan fingerprint density at radius 1 is 1.11 bits per heavy atom. The summed E-state index contributed by atoms with van der Waals surface area (Å²) >= 11 is 1.26. The first-order valence-electron chi connectivity index (χ1n) is 12.7. The molecule has 1 N–H and O–H groups in total. The Kier molecular flexibility index (Phi) is 9.91. The minimum atomic E-state index is -3.66. The summed E-state index contributed by atoms with van der Waals surface area (Å²) in [6.07, 6.45) is 1.71. The summed E-state index contributed by atoms with van der Waals surface area (Å²) in [7, 11) is -0.372. The number of sulfonamides is 1. The summed E-state index contributed by atoms with van der Waals surface area (Å²) in [5.41, 5.74) is 1.50. The first-order valence-corrected chi connectivity index (χ1v) is 15.0. The average Bonchev–Trinajstić information content (AvgIpc) is 3.25. The van der Waals surface area contributed by atoms with Crippen molar-refractivity contribution in [2.24, 2.45) is 0 Å². The number of nitrogens with zero attached hydrogens (tertiary/aromatic N) is 3. The van der Waals surface area contributed by atoms with E-state index in [1.54, 1.807) is 32.8 Å². The van der Waals surface area contributed by atoms with Gasteiger partial charge in [0.25, 0.3) is 11.8 Å². The fraction of sp³-hybridized carbons (Fsp3) is 0.500. The number of unbranched alkanes of at least 4 members (excludes halogenated alkanes) is 1. The maximum Gasteiger partial charge on any atom is 0.410 e. The molecule has 0 bridgehead atoms. The molecule has 1 aromatic heterocycles. The van der Waals surface area contributed by atoms with Crippen LogP contribution in [0.4, 0.5) is 9.80 Å². The molecule has 0 atom stereocenters. The molecule has 3 rings (SSSR count). The molecule has 2 aromatic rings. The monoisotopic (exact) mass is 564 g/mol. The van der Waals surface area contributed by atoms with Crippen LogP contribution in [0.15, 0.2) is 29.2 Å². The van der Waals surface area contributed by atoms with E-state index in [0.29, 0.717) is 43.2 Å². The molecule has 12 heteroatoms. The highest BCUT2D eigenvalue weighted by Gasteiger charge is 2.31. The normalized spacial score (nSPS) is 13.3. The SMILES string of the molecule is CCCCN(CC)S(=O)(=O)c1ccc(C(=O)Nc2sc3c(c2C(=O)N(C)C)CCN(C(=O)OCC)C3)cc1. The quantitative estimate of drug-likeness (QED) is 0.466. The van der Waals surface area contributed by atoms with E-state index in [-0.39, 0.29) is 23.0 Å². The lowest BCUT2D eigenvalue weighted by atomic mass is 10.0. The van der Waals surface area contributed by atoms with Crippen molar-refractivity contribution >= 4 is 44.3 Å². The van der Waals surface area contributed by atoms with Crippen LogP contribution >= 0.6 is 11.3 Å². The van der Waals surface area contributed by atoms with E-state index in [0.717, 1.165) is 23.3 Å². The molecule has 0 aliphatic carbocycles. The van der Waals surface area contributed by atoms with Crippen LogP contribution in [0.2, 0.25) is 0 Å². The maximum atomic E-state index is 13.1. The Labute approximate surface area is 228 Å². The Morgan fingerprint density at radius 2 is 1.79 bits per heavy atom. The molecule has 1 aliphatic heterocycles. The number of hydrogen-bond acceptors (Lipinski definition) is 7. The van der Waals surface area contributed by atoms with Crippen LogP contribution in [0, 0.1) is 0 Å². The molecular weight excluding hydrogens is 528 g/mol. The third-order valence-electron chi connectivity index (χ3n) is 6.30. The summed E-state index contributed by atoms with van der Waals surface area (Å²) in [6, 6.07) is 5.81. The Balaban J connectivity index is 1.85. The van der Waals surface area contributed by atoms with Gasteiger partial charge in [0, 0.05) is 44.2 Å². The Morgan fingerprint density at radius 3 is 2.37 bits per heavy atom. The number of fused-ring (bicyclic) bond motifs is 1. The zero-order valence-electron chi connectivity index (χ0n) is 22.6. The van der Waals surface area contributed by atoms with E-state index in [4.69, 9.17) is 4.74 Å². The molecular formula is C26H36N4O6S2. The van der Waals surface area contributed by atoms with Crippen molar-refractivity contribution in [1.29, 1.82) is 0 Å². The number of hydrogen-bond donors (Lipinski definition) is 1. The van der Waals surface area contributed by atoms with Crippen LogP contribution in [0.1, 0.15) is 64.8 Å². The second-order valence-electron chi connectivity index (χ2n) is 9.11. The molecule has 10 nitrogen and oxygen atoms in total. The molecule has 1 aliphatic rings. The second-order valence-corrected chi connectivity index (χ2v) is 12.1. The largest absolute Gasteiger partial charge is 0.450 e. The average molecular weight is 565 g/mol. The highest BCUT2D eigenvalue weighted by molar-refractivity contribution is 7.89. The van der Waals surface area contributed by atoms with Crippen LogP contribution < -0.4 is 5.32 Å².